The van der Waals surface area contributed by atoms with Gasteiger partial charge < -0.3 is 0 Å². The Kier molecular flexibility index (Phi) is 6.04. The molecule has 3 aromatic carbocycles. The molecule has 0 fully saturated rings. The van der Waals surface area contributed by atoms with Gasteiger partial charge in [0.1, 0.15) is 5.69 Å². The van der Waals surface area contributed by atoms with Crippen molar-refractivity contribution in [2.75, 3.05) is 0 Å². The largest absolute Gasteiger partial charge is 0.272 e. The Bertz CT molecular complexity index is 1200. The van der Waals surface area contributed by atoms with E-state index in [-0.39, 0.29) is 5.91 Å². The van der Waals surface area contributed by atoms with Gasteiger partial charge in [0.15, 0.2) is 0 Å². The number of nitrogens with one attached hydrogen (secondary N) is 1. The smallest absolute Gasteiger partial charge is 0.267 e. The molecule has 0 unspecified atom stereocenters. The summed E-state index contributed by atoms with van der Waals surface area (Å²) >= 11 is 2.14. The molecule has 0 spiro atoms. The molecule has 0 saturated heterocycles. The van der Waals surface area contributed by atoms with Crippen LogP contribution in [0.1, 0.15) is 21.5 Å². The summed E-state index contributed by atoms with van der Waals surface area (Å²) in [6.07, 6.45) is 3.54. The van der Waals surface area contributed by atoms with Crippen LogP contribution in [0.15, 0.2) is 90.2 Å². The van der Waals surface area contributed by atoms with Crippen LogP contribution < -0.4 is 5.43 Å². The van der Waals surface area contributed by atoms with Gasteiger partial charge in [0, 0.05) is 20.9 Å². The second-order valence-electron chi connectivity index (χ2n) is 6.76. The first-order valence-electron chi connectivity index (χ1n) is 9.42. The molecule has 30 heavy (non-hydrogen) atoms. The normalized spacial score (nSPS) is 11.0. The van der Waals surface area contributed by atoms with E-state index in [4.69, 9.17) is 5.10 Å². The molecule has 0 aliphatic heterocycles. The summed E-state index contributed by atoms with van der Waals surface area (Å²) in [6.45, 7) is 2.05. The summed E-state index contributed by atoms with van der Waals surface area (Å²) in [6, 6.07) is 25.5. The zero-order valence-electron chi connectivity index (χ0n) is 16.3. The number of hydrogen-bond donors (Lipinski definition) is 1. The monoisotopic (exact) mass is 506 g/mol. The molecule has 0 saturated carbocycles. The van der Waals surface area contributed by atoms with Crippen molar-refractivity contribution in [3.05, 3.63) is 105 Å². The van der Waals surface area contributed by atoms with Crippen LogP contribution in [0.25, 0.3) is 16.9 Å². The summed E-state index contributed by atoms with van der Waals surface area (Å²) in [5.41, 5.74) is 7.93. The summed E-state index contributed by atoms with van der Waals surface area (Å²) in [7, 11) is 0. The fraction of sp³-hybridized carbons (Fsp3) is 0.0417. The van der Waals surface area contributed by atoms with E-state index < -0.39 is 0 Å². The maximum atomic E-state index is 12.4. The number of rotatable bonds is 5. The van der Waals surface area contributed by atoms with Crippen molar-refractivity contribution < 1.29 is 4.79 Å². The number of nitrogens with zero attached hydrogens (tertiary/aromatic N) is 3. The number of carbonyl (C=O) groups excluding carboxylic acids is 1. The first kappa shape index (κ1) is 20.0. The van der Waals surface area contributed by atoms with E-state index in [2.05, 4.69) is 52.2 Å². The summed E-state index contributed by atoms with van der Waals surface area (Å²) in [5, 5.41) is 8.95. The highest BCUT2D eigenvalue weighted by Gasteiger charge is 2.12. The van der Waals surface area contributed by atoms with E-state index in [0.717, 1.165) is 26.1 Å². The highest BCUT2D eigenvalue weighted by molar-refractivity contribution is 14.1. The van der Waals surface area contributed by atoms with E-state index in [9.17, 15) is 4.79 Å². The molecule has 1 N–H and O–H groups in total. The van der Waals surface area contributed by atoms with E-state index in [1.54, 1.807) is 12.3 Å². The number of halogens is 1. The maximum Gasteiger partial charge on any atom is 0.272 e. The van der Waals surface area contributed by atoms with Gasteiger partial charge in [0.2, 0.25) is 0 Å². The van der Waals surface area contributed by atoms with Crippen LogP contribution in [0.4, 0.5) is 0 Å². The minimum Gasteiger partial charge on any atom is -0.267 e. The third-order valence-corrected chi connectivity index (χ3v) is 5.52. The molecule has 1 heterocycles. The molecule has 0 atom stereocenters. The quantitative estimate of drug-likeness (QED) is 0.229. The fourth-order valence-corrected chi connectivity index (χ4v) is 3.63. The molecule has 0 aliphatic rings. The van der Waals surface area contributed by atoms with Gasteiger partial charge in [-0.1, -0.05) is 60.2 Å². The maximum absolute atomic E-state index is 12.4. The van der Waals surface area contributed by atoms with Crippen molar-refractivity contribution in [2.45, 2.75) is 6.92 Å². The van der Waals surface area contributed by atoms with Crippen LogP contribution in [0, 0.1) is 10.5 Å². The van der Waals surface area contributed by atoms with Crippen LogP contribution in [-0.2, 0) is 0 Å². The Morgan fingerprint density at radius 2 is 1.70 bits per heavy atom. The number of hydrazone groups is 1. The SMILES string of the molecule is Cc1ccc(-c2nn(-c3ccccc3)cc2/C=N/NC(=O)c2ccccc2I)cc1. The summed E-state index contributed by atoms with van der Waals surface area (Å²) < 4.78 is 2.69. The number of hydrogen-bond acceptors (Lipinski definition) is 3. The minimum absolute atomic E-state index is 0.247. The molecule has 5 nitrogen and oxygen atoms in total. The lowest BCUT2D eigenvalue weighted by atomic mass is 10.1. The fourth-order valence-electron chi connectivity index (χ4n) is 3.00. The Morgan fingerprint density at radius 1 is 1.00 bits per heavy atom. The molecule has 6 heteroatoms. The molecule has 0 aliphatic carbocycles. The zero-order valence-corrected chi connectivity index (χ0v) is 18.4. The number of para-hydroxylation sites is 1. The Morgan fingerprint density at radius 3 is 2.43 bits per heavy atom. The van der Waals surface area contributed by atoms with Crippen LogP contribution in [0.3, 0.4) is 0 Å². The number of aryl methyl sites for hydroxylation is 1. The standard InChI is InChI=1S/C24H19IN4O/c1-17-11-13-18(14-12-17)23-19(16-29(28-23)20-7-3-2-4-8-20)15-26-27-24(30)21-9-5-6-10-22(21)25/h2-16H,1H3,(H,27,30)/b26-15+. The molecule has 1 amide bonds. The predicted octanol–water partition coefficient (Wildman–Crippen LogP) is 5.22. The lowest BCUT2D eigenvalue weighted by Crippen LogP contribution is -2.18. The molecule has 148 valence electrons. The third-order valence-electron chi connectivity index (χ3n) is 4.58. The summed E-state index contributed by atoms with van der Waals surface area (Å²) in [4.78, 5) is 12.4. The van der Waals surface area contributed by atoms with Crippen molar-refractivity contribution in [2.24, 2.45) is 5.10 Å². The number of carbonyl (C=O) groups is 1. The Labute approximate surface area is 188 Å². The molecule has 1 aromatic heterocycles. The van der Waals surface area contributed by atoms with Crippen molar-refractivity contribution in [3.63, 3.8) is 0 Å². The first-order chi connectivity index (χ1) is 14.6. The van der Waals surface area contributed by atoms with Crippen LogP contribution in [-0.4, -0.2) is 21.9 Å². The lowest BCUT2D eigenvalue weighted by molar-refractivity contribution is 0.0954. The molecular formula is C24H19IN4O. The van der Waals surface area contributed by atoms with Crippen molar-refractivity contribution in [3.8, 4) is 16.9 Å². The molecule has 0 radical (unpaired) electrons. The minimum atomic E-state index is -0.247. The van der Waals surface area contributed by atoms with Crippen LogP contribution in [0.5, 0.6) is 0 Å². The zero-order chi connectivity index (χ0) is 20.9. The van der Waals surface area contributed by atoms with E-state index >= 15 is 0 Å². The van der Waals surface area contributed by atoms with Crippen LogP contribution in [0.2, 0.25) is 0 Å². The predicted molar refractivity (Wildman–Crippen MR) is 128 cm³/mol. The Hall–Kier alpha value is -3.26. The first-order valence-corrected chi connectivity index (χ1v) is 10.5. The van der Waals surface area contributed by atoms with Gasteiger partial charge >= 0.3 is 0 Å². The summed E-state index contributed by atoms with van der Waals surface area (Å²) in [5.74, 6) is -0.247. The van der Waals surface area contributed by atoms with Gasteiger partial charge in [-0.15, -0.1) is 0 Å². The molecule has 0 bridgehead atoms. The van der Waals surface area contributed by atoms with E-state index in [0.29, 0.717) is 5.56 Å². The van der Waals surface area contributed by atoms with Crippen LogP contribution >= 0.6 is 22.6 Å². The molecule has 4 rings (SSSR count). The van der Waals surface area contributed by atoms with Crippen molar-refractivity contribution in [1.29, 1.82) is 0 Å². The number of aromatic nitrogens is 2. The number of amides is 1. The van der Waals surface area contributed by atoms with Gasteiger partial charge in [-0.25, -0.2) is 10.1 Å². The highest BCUT2D eigenvalue weighted by Crippen LogP contribution is 2.23. The molecular weight excluding hydrogens is 487 g/mol. The Balaban J connectivity index is 1.65. The number of benzene rings is 3. The highest BCUT2D eigenvalue weighted by atomic mass is 127. The van der Waals surface area contributed by atoms with E-state index in [1.165, 1.54) is 5.56 Å². The molecule has 4 aromatic rings. The van der Waals surface area contributed by atoms with Crippen molar-refractivity contribution in [1.82, 2.24) is 15.2 Å². The van der Waals surface area contributed by atoms with Gasteiger partial charge in [0.05, 0.1) is 17.5 Å². The third kappa shape index (κ3) is 4.49. The average Bonchev–Trinajstić information content (AvgIpc) is 3.19. The van der Waals surface area contributed by atoms with Gasteiger partial charge in [-0.2, -0.15) is 10.2 Å². The lowest BCUT2D eigenvalue weighted by Gasteiger charge is -2.02. The van der Waals surface area contributed by atoms with Gasteiger partial charge in [0.25, 0.3) is 5.91 Å². The van der Waals surface area contributed by atoms with Crippen molar-refractivity contribution >= 4 is 34.7 Å². The van der Waals surface area contributed by atoms with Gasteiger partial charge in [-0.05, 0) is 53.8 Å². The topological polar surface area (TPSA) is 59.3 Å². The average molecular weight is 506 g/mol. The van der Waals surface area contributed by atoms with Gasteiger partial charge in [-0.3, -0.25) is 4.79 Å². The van der Waals surface area contributed by atoms with E-state index in [1.807, 2.05) is 71.5 Å². The second kappa shape index (κ2) is 9.04. The second-order valence-corrected chi connectivity index (χ2v) is 7.92.